The van der Waals surface area contributed by atoms with Crippen LogP contribution in [0.15, 0.2) is 50.3 Å². The zero-order chi connectivity index (χ0) is 18.8. The van der Waals surface area contributed by atoms with Crippen molar-refractivity contribution >= 4 is 39.7 Å². The second-order valence-corrected chi connectivity index (χ2v) is 7.70. The summed E-state index contributed by atoms with van der Waals surface area (Å²) >= 11 is 2.93. The van der Waals surface area contributed by atoms with Crippen LogP contribution in [0.5, 0.6) is 0 Å². The van der Waals surface area contributed by atoms with Gasteiger partial charge in [0.25, 0.3) is 0 Å². The first kappa shape index (κ1) is 17.7. The summed E-state index contributed by atoms with van der Waals surface area (Å²) < 4.78 is 12.1. The van der Waals surface area contributed by atoms with Gasteiger partial charge < -0.3 is 9.15 Å². The molecule has 0 aliphatic heterocycles. The SMILES string of the molecule is Cc1nc(-c2ccsc2)sc1C(=O)OCCCn1c(=O)oc2ccccc21. The minimum Gasteiger partial charge on any atom is -0.461 e. The second kappa shape index (κ2) is 7.50. The molecule has 0 bridgehead atoms. The molecule has 0 saturated heterocycles. The molecule has 0 amide bonds. The summed E-state index contributed by atoms with van der Waals surface area (Å²) in [7, 11) is 0. The van der Waals surface area contributed by atoms with E-state index in [-0.39, 0.29) is 12.6 Å². The van der Waals surface area contributed by atoms with Crippen molar-refractivity contribution < 1.29 is 13.9 Å². The molecular formula is C19H16N2O4S2. The zero-order valence-corrected chi connectivity index (χ0v) is 16.1. The molecule has 138 valence electrons. The highest BCUT2D eigenvalue weighted by Crippen LogP contribution is 2.29. The zero-order valence-electron chi connectivity index (χ0n) is 14.5. The smallest absolute Gasteiger partial charge is 0.419 e. The van der Waals surface area contributed by atoms with Gasteiger partial charge in [0.15, 0.2) is 5.58 Å². The molecule has 0 aliphatic carbocycles. The summed E-state index contributed by atoms with van der Waals surface area (Å²) in [5.41, 5.74) is 2.98. The number of hydrogen-bond acceptors (Lipinski definition) is 7. The third-order valence-electron chi connectivity index (χ3n) is 4.08. The molecule has 0 N–H and O–H groups in total. The van der Waals surface area contributed by atoms with E-state index in [2.05, 4.69) is 4.98 Å². The molecule has 3 heterocycles. The van der Waals surface area contributed by atoms with Crippen molar-refractivity contribution in [2.75, 3.05) is 6.61 Å². The number of nitrogens with zero attached hydrogens (tertiary/aromatic N) is 2. The Morgan fingerprint density at radius 1 is 1.30 bits per heavy atom. The van der Waals surface area contributed by atoms with Crippen LogP contribution in [0.3, 0.4) is 0 Å². The molecule has 0 radical (unpaired) electrons. The predicted molar refractivity (Wildman–Crippen MR) is 106 cm³/mol. The molecule has 4 rings (SSSR count). The van der Waals surface area contributed by atoms with Crippen LogP contribution >= 0.6 is 22.7 Å². The van der Waals surface area contributed by atoms with E-state index in [1.807, 2.05) is 35.0 Å². The van der Waals surface area contributed by atoms with Gasteiger partial charge in [-0.1, -0.05) is 12.1 Å². The highest BCUT2D eigenvalue weighted by molar-refractivity contribution is 7.17. The van der Waals surface area contributed by atoms with Gasteiger partial charge in [0.1, 0.15) is 9.88 Å². The highest BCUT2D eigenvalue weighted by atomic mass is 32.1. The Labute approximate surface area is 162 Å². The maximum Gasteiger partial charge on any atom is 0.419 e. The number of hydrogen-bond donors (Lipinski definition) is 0. The first-order chi connectivity index (χ1) is 13.1. The number of benzene rings is 1. The molecule has 0 atom stereocenters. The number of thiophene rings is 1. The number of aryl methyl sites for hydroxylation is 2. The Balaban J connectivity index is 1.37. The maximum atomic E-state index is 12.4. The summed E-state index contributed by atoms with van der Waals surface area (Å²) in [6, 6.07) is 9.24. The molecule has 8 heteroatoms. The fourth-order valence-corrected chi connectivity index (χ4v) is 4.45. The van der Waals surface area contributed by atoms with Crippen LogP contribution < -0.4 is 5.76 Å². The Bertz CT molecular complexity index is 1140. The Kier molecular flexibility index (Phi) is 4.91. The number of rotatable bonds is 6. The van der Waals surface area contributed by atoms with Gasteiger partial charge >= 0.3 is 11.7 Å². The van der Waals surface area contributed by atoms with E-state index < -0.39 is 5.76 Å². The van der Waals surface area contributed by atoms with Crippen LogP contribution in [-0.2, 0) is 11.3 Å². The standard InChI is InChI=1S/C19H16N2O4S2/c1-12-16(27-17(20-12)13-7-10-26-11-13)18(22)24-9-4-8-21-14-5-2-3-6-15(14)25-19(21)23/h2-3,5-7,10-11H,4,8-9H2,1H3. The van der Waals surface area contributed by atoms with E-state index in [9.17, 15) is 9.59 Å². The molecule has 3 aromatic heterocycles. The minimum atomic E-state index is -0.402. The van der Waals surface area contributed by atoms with Crippen LogP contribution in [0.2, 0.25) is 0 Å². The van der Waals surface area contributed by atoms with Gasteiger partial charge in [0, 0.05) is 17.5 Å². The number of carbonyl (C=O) groups excluding carboxylic acids is 1. The average Bonchev–Trinajstić information content (AvgIpc) is 3.37. The molecule has 4 aromatic rings. The van der Waals surface area contributed by atoms with E-state index in [1.54, 1.807) is 28.9 Å². The fraction of sp³-hybridized carbons (Fsp3) is 0.211. The molecule has 27 heavy (non-hydrogen) atoms. The predicted octanol–water partition coefficient (Wildman–Crippen LogP) is 4.34. The van der Waals surface area contributed by atoms with Crippen molar-refractivity contribution in [3.8, 4) is 10.6 Å². The summed E-state index contributed by atoms with van der Waals surface area (Å²) in [4.78, 5) is 29.3. The lowest BCUT2D eigenvalue weighted by atomic mass is 10.3. The van der Waals surface area contributed by atoms with Crippen molar-refractivity contribution in [2.45, 2.75) is 19.9 Å². The van der Waals surface area contributed by atoms with Gasteiger partial charge in [0.2, 0.25) is 0 Å². The molecular weight excluding hydrogens is 384 g/mol. The summed E-state index contributed by atoms with van der Waals surface area (Å²) in [6.45, 7) is 2.45. The summed E-state index contributed by atoms with van der Waals surface area (Å²) in [5.74, 6) is -0.780. The van der Waals surface area contributed by atoms with Crippen molar-refractivity contribution in [3.05, 3.63) is 62.2 Å². The highest BCUT2D eigenvalue weighted by Gasteiger charge is 2.18. The van der Waals surface area contributed by atoms with Crippen LogP contribution in [0.4, 0.5) is 0 Å². The van der Waals surface area contributed by atoms with E-state index in [1.165, 1.54) is 11.3 Å². The topological polar surface area (TPSA) is 74.3 Å². The third kappa shape index (κ3) is 3.58. The van der Waals surface area contributed by atoms with Crippen LogP contribution in [0.25, 0.3) is 21.7 Å². The summed E-state index contributed by atoms with van der Waals surface area (Å²) in [5, 5.41) is 4.79. The third-order valence-corrected chi connectivity index (χ3v) is 5.95. The first-order valence-electron chi connectivity index (χ1n) is 8.39. The maximum absolute atomic E-state index is 12.4. The molecule has 6 nitrogen and oxygen atoms in total. The Morgan fingerprint density at radius 3 is 2.96 bits per heavy atom. The van der Waals surface area contributed by atoms with Gasteiger partial charge in [-0.2, -0.15) is 11.3 Å². The largest absolute Gasteiger partial charge is 0.461 e. The minimum absolute atomic E-state index is 0.218. The van der Waals surface area contributed by atoms with E-state index in [0.29, 0.717) is 29.1 Å². The Hall–Kier alpha value is -2.71. The number of ether oxygens (including phenoxy) is 1. The number of carbonyl (C=O) groups is 1. The molecule has 0 spiro atoms. The second-order valence-electron chi connectivity index (χ2n) is 5.92. The number of esters is 1. The van der Waals surface area contributed by atoms with E-state index in [0.717, 1.165) is 16.1 Å². The molecule has 0 unspecified atom stereocenters. The first-order valence-corrected chi connectivity index (χ1v) is 10.1. The normalized spacial score (nSPS) is 11.1. The van der Waals surface area contributed by atoms with Gasteiger partial charge in [-0.05, 0) is 36.9 Å². The van der Waals surface area contributed by atoms with Gasteiger partial charge in [-0.15, -0.1) is 11.3 Å². The van der Waals surface area contributed by atoms with Crippen molar-refractivity contribution in [1.82, 2.24) is 9.55 Å². The molecule has 1 aromatic carbocycles. The monoisotopic (exact) mass is 400 g/mol. The van der Waals surface area contributed by atoms with Gasteiger partial charge in [0.05, 0.1) is 17.8 Å². The van der Waals surface area contributed by atoms with Crippen molar-refractivity contribution in [2.24, 2.45) is 0 Å². The molecule has 0 saturated carbocycles. The van der Waals surface area contributed by atoms with Crippen LogP contribution in [0.1, 0.15) is 21.8 Å². The van der Waals surface area contributed by atoms with Crippen molar-refractivity contribution in [1.29, 1.82) is 0 Å². The lowest BCUT2D eigenvalue weighted by Gasteiger charge is -2.04. The quantitative estimate of drug-likeness (QED) is 0.356. The number of oxazole rings is 1. The number of fused-ring (bicyclic) bond motifs is 1. The molecule has 0 aliphatic rings. The lowest BCUT2D eigenvalue weighted by molar-refractivity contribution is 0.0500. The van der Waals surface area contributed by atoms with Crippen molar-refractivity contribution in [3.63, 3.8) is 0 Å². The van der Waals surface area contributed by atoms with Crippen LogP contribution in [-0.4, -0.2) is 22.1 Å². The van der Waals surface area contributed by atoms with Gasteiger partial charge in [-0.3, -0.25) is 4.57 Å². The average molecular weight is 400 g/mol. The molecule has 0 fully saturated rings. The lowest BCUT2D eigenvalue weighted by Crippen LogP contribution is -2.16. The number of aromatic nitrogens is 2. The Morgan fingerprint density at radius 2 is 2.15 bits per heavy atom. The fourth-order valence-electron chi connectivity index (χ4n) is 2.77. The number of para-hydroxylation sites is 2. The number of thiazole rings is 1. The van der Waals surface area contributed by atoms with Gasteiger partial charge in [-0.25, -0.2) is 14.6 Å². The van der Waals surface area contributed by atoms with E-state index >= 15 is 0 Å². The van der Waals surface area contributed by atoms with Crippen LogP contribution in [0, 0.1) is 6.92 Å². The van der Waals surface area contributed by atoms with E-state index in [4.69, 9.17) is 9.15 Å². The summed E-state index contributed by atoms with van der Waals surface area (Å²) in [6.07, 6.45) is 0.518.